The van der Waals surface area contributed by atoms with Gasteiger partial charge in [0.15, 0.2) is 5.96 Å². The van der Waals surface area contributed by atoms with Crippen LogP contribution in [0.5, 0.6) is 0 Å². The minimum Gasteiger partial charge on any atom is -0.357 e. The monoisotopic (exact) mass is 281 g/mol. The number of nitrogens with one attached hydrogen (secondary N) is 2. The summed E-state index contributed by atoms with van der Waals surface area (Å²) in [6.45, 7) is 6.08. The van der Waals surface area contributed by atoms with E-state index in [1.807, 2.05) is 13.8 Å². The number of hydrogen-bond donors (Lipinski definition) is 2. The van der Waals surface area contributed by atoms with Gasteiger partial charge in [-0.25, -0.2) is 8.78 Å². The molecule has 0 aliphatic heterocycles. The molecule has 0 atom stereocenters. The van der Waals surface area contributed by atoms with E-state index < -0.39 is 11.6 Å². The second-order valence-corrected chi connectivity index (χ2v) is 5.13. The van der Waals surface area contributed by atoms with Gasteiger partial charge >= 0.3 is 0 Å². The van der Waals surface area contributed by atoms with Gasteiger partial charge in [-0.3, -0.25) is 4.99 Å². The minimum atomic E-state index is -0.536. The van der Waals surface area contributed by atoms with Crippen LogP contribution in [0.3, 0.4) is 0 Å². The molecule has 3 nitrogen and oxygen atoms in total. The first kappa shape index (κ1) is 14.8. The molecule has 20 heavy (non-hydrogen) atoms. The maximum atomic E-state index is 13.9. The van der Waals surface area contributed by atoms with Crippen LogP contribution in [0.1, 0.15) is 32.3 Å². The van der Waals surface area contributed by atoms with Crippen LogP contribution < -0.4 is 10.6 Å². The lowest BCUT2D eigenvalue weighted by Crippen LogP contribution is -2.37. The zero-order valence-electron chi connectivity index (χ0n) is 12.0. The lowest BCUT2D eigenvalue weighted by atomic mass is 9.95. The first-order valence-electron chi connectivity index (χ1n) is 7.09. The molecule has 0 unspecified atom stereocenters. The van der Waals surface area contributed by atoms with E-state index in [4.69, 9.17) is 0 Å². The van der Waals surface area contributed by atoms with E-state index in [9.17, 15) is 8.78 Å². The minimum absolute atomic E-state index is 0.256. The summed E-state index contributed by atoms with van der Waals surface area (Å²) in [5.41, 5.74) is 0.323. The Hall–Kier alpha value is -1.65. The second kappa shape index (κ2) is 6.20. The molecule has 0 amide bonds. The van der Waals surface area contributed by atoms with Gasteiger partial charge in [0.1, 0.15) is 11.6 Å². The van der Waals surface area contributed by atoms with Crippen molar-refractivity contribution in [3.05, 3.63) is 35.4 Å². The maximum Gasteiger partial charge on any atom is 0.191 e. The van der Waals surface area contributed by atoms with Crippen LogP contribution in [0.25, 0.3) is 0 Å². The summed E-state index contributed by atoms with van der Waals surface area (Å²) in [7, 11) is 0. The zero-order chi connectivity index (χ0) is 14.6. The van der Waals surface area contributed by atoms with Crippen molar-refractivity contribution in [1.29, 1.82) is 0 Å². The van der Waals surface area contributed by atoms with Crippen LogP contribution in [-0.2, 0) is 5.41 Å². The van der Waals surface area contributed by atoms with Gasteiger partial charge in [0.05, 0.1) is 6.54 Å². The van der Waals surface area contributed by atoms with E-state index in [1.54, 1.807) is 6.07 Å². The van der Waals surface area contributed by atoms with Crippen LogP contribution in [0.2, 0.25) is 0 Å². The topological polar surface area (TPSA) is 36.4 Å². The average molecular weight is 281 g/mol. The fraction of sp³-hybridized carbons (Fsp3) is 0.533. The molecule has 1 fully saturated rings. The van der Waals surface area contributed by atoms with Crippen molar-refractivity contribution >= 4 is 5.96 Å². The molecule has 1 aromatic rings. The molecule has 2 rings (SSSR count). The Morgan fingerprint density at radius 3 is 2.35 bits per heavy atom. The summed E-state index contributed by atoms with van der Waals surface area (Å²) in [4.78, 5) is 4.51. The van der Waals surface area contributed by atoms with E-state index in [2.05, 4.69) is 15.6 Å². The van der Waals surface area contributed by atoms with Crippen LogP contribution in [0.15, 0.2) is 23.2 Å². The molecule has 0 radical (unpaired) electrons. The fourth-order valence-corrected chi connectivity index (χ4v) is 2.32. The molecule has 0 spiro atoms. The van der Waals surface area contributed by atoms with E-state index in [0.29, 0.717) is 12.1 Å². The lowest BCUT2D eigenvalue weighted by Gasteiger charge is -2.16. The summed E-state index contributed by atoms with van der Waals surface area (Å²) in [5.74, 6) is -0.263. The van der Waals surface area contributed by atoms with Crippen LogP contribution >= 0.6 is 0 Å². The summed E-state index contributed by atoms with van der Waals surface area (Å²) < 4.78 is 26.9. The molecule has 0 aromatic heterocycles. The van der Waals surface area contributed by atoms with Crippen molar-refractivity contribution in [3.63, 3.8) is 0 Å². The molecule has 0 heterocycles. The highest BCUT2D eigenvalue weighted by atomic mass is 19.1. The normalized spacial score (nSPS) is 15.6. The molecule has 1 aliphatic rings. The Kier molecular flexibility index (Phi) is 4.57. The molecule has 0 bridgehead atoms. The third-order valence-electron chi connectivity index (χ3n) is 3.58. The number of nitrogens with zero attached hydrogens (tertiary/aromatic N) is 1. The van der Waals surface area contributed by atoms with Gasteiger partial charge in [0.2, 0.25) is 0 Å². The van der Waals surface area contributed by atoms with Crippen LogP contribution in [0.4, 0.5) is 8.78 Å². The second-order valence-electron chi connectivity index (χ2n) is 5.13. The Balaban J connectivity index is 2.13. The van der Waals surface area contributed by atoms with Crippen molar-refractivity contribution < 1.29 is 8.78 Å². The Labute approximate surface area is 118 Å². The number of rotatable bonds is 5. The Morgan fingerprint density at radius 1 is 1.20 bits per heavy atom. The summed E-state index contributed by atoms with van der Waals surface area (Å²) >= 11 is 0. The van der Waals surface area contributed by atoms with Gasteiger partial charge < -0.3 is 10.6 Å². The highest BCUT2D eigenvalue weighted by Crippen LogP contribution is 2.49. The van der Waals surface area contributed by atoms with E-state index in [1.165, 1.54) is 6.07 Å². The quantitative estimate of drug-likeness (QED) is 0.643. The Morgan fingerprint density at radius 2 is 1.85 bits per heavy atom. The van der Waals surface area contributed by atoms with Gasteiger partial charge in [-0.2, -0.15) is 0 Å². The molecular weight excluding hydrogens is 260 g/mol. The molecule has 1 aromatic carbocycles. The Bertz CT molecular complexity index is 488. The van der Waals surface area contributed by atoms with Crippen LogP contribution in [0, 0.1) is 11.6 Å². The zero-order valence-corrected chi connectivity index (χ0v) is 12.0. The van der Waals surface area contributed by atoms with Crippen molar-refractivity contribution in [3.8, 4) is 0 Å². The molecule has 1 saturated carbocycles. The molecule has 1 aliphatic carbocycles. The van der Waals surface area contributed by atoms with Gasteiger partial charge in [-0.15, -0.1) is 0 Å². The predicted molar refractivity (Wildman–Crippen MR) is 76.9 cm³/mol. The van der Waals surface area contributed by atoms with Gasteiger partial charge in [0, 0.05) is 24.6 Å². The maximum absolute atomic E-state index is 13.9. The van der Waals surface area contributed by atoms with Gasteiger partial charge in [-0.1, -0.05) is 6.07 Å². The molecule has 0 saturated heterocycles. The first-order valence-corrected chi connectivity index (χ1v) is 7.09. The number of benzene rings is 1. The molecule has 110 valence electrons. The number of aliphatic imine (C=N–C) groups is 1. The third kappa shape index (κ3) is 3.26. The average Bonchev–Trinajstić information content (AvgIpc) is 3.17. The SMILES string of the molecule is CCNC(=NCC1(c2ccc(F)cc2F)CC1)NCC. The number of hydrogen-bond acceptors (Lipinski definition) is 1. The van der Waals surface area contributed by atoms with Crippen molar-refractivity contribution in [1.82, 2.24) is 10.6 Å². The number of halogens is 2. The van der Waals surface area contributed by atoms with E-state index in [0.717, 1.165) is 38.0 Å². The largest absolute Gasteiger partial charge is 0.357 e. The molecule has 5 heteroatoms. The summed E-state index contributed by atoms with van der Waals surface area (Å²) in [6.07, 6.45) is 1.79. The first-order chi connectivity index (χ1) is 9.61. The highest BCUT2D eigenvalue weighted by molar-refractivity contribution is 5.79. The highest BCUT2D eigenvalue weighted by Gasteiger charge is 2.46. The van der Waals surface area contributed by atoms with E-state index in [-0.39, 0.29) is 5.41 Å². The molecule has 2 N–H and O–H groups in total. The van der Waals surface area contributed by atoms with Crippen molar-refractivity contribution in [2.75, 3.05) is 19.6 Å². The number of guanidine groups is 1. The van der Waals surface area contributed by atoms with Crippen molar-refractivity contribution in [2.24, 2.45) is 4.99 Å². The fourth-order valence-electron chi connectivity index (χ4n) is 2.32. The third-order valence-corrected chi connectivity index (χ3v) is 3.58. The summed E-state index contributed by atoms with van der Waals surface area (Å²) in [5, 5.41) is 6.29. The van der Waals surface area contributed by atoms with Gasteiger partial charge in [0.25, 0.3) is 0 Å². The lowest BCUT2D eigenvalue weighted by molar-refractivity contribution is 0.548. The smallest absolute Gasteiger partial charge is 0.191 e. The van der Waals surface area contributed by atoms with Crippen molar-refractivity contribution in [2.45, 2.75) is 32.1 Å². The van der Waals surface area contributed by atoms with E-state index >= 15 is 0 Å². The predicted octanol–water partition coefficient (Wildman–Crippen LogP) is 2.57. The van der Waals surface area contributed by atoms with Crippen LogP contribution in [-0.4, -0.2) is 25.6 Å². The standard InChI is InChI=1S/C15H21F2N3/c1-3-18-14(19-4-2)20-10-15(7-8-15)12-6-5-11(16)9-13(12)17/h5-6,9H,3-4,7-8,10H2,1-2H3,(H2,18,19,20). The summed E-state index contributed by atoms with van der Waals surface area (Å²) in [6, 6.07) is 3.82. The van der Waals surface area contributed by atoms with Gasteiger partial charge in [-0.05, 0) is 38.3 Å². The molecular formula is C15H21F2N3.